The number of hydrogen-bond donors (Lipinski definition) is 0. The standard InChI is InChI=1S/C7H5N4O2/c12-11(13)9-10-5-8-6-3-1-2-4-7(6)10/h1-5H/q+1. The van der Waals surface area contributed by atoms with Crippen LogP contribution in [-0.2, 0) is 0 Å². The smallest absolute Gasteiger partial charge is 0.228 e. The fourth-order valence-corrected chi connectivity index (χ4v) is 1.10. The SMILES string of the molecule is O=[N+]([O-])N=[N+]1C=Nc2ccccc21. The topological polar surface area (TPSA) is 70.9 Å². The minimum Gasteiger partial charge on any atom is -0.228 e. The average molecular weight is 177 g/mol. The molecule has 0 fully saturated rings. The highest BCUT2D eigenvalue weighted by molar-refractivity contribution is 5.71. The molecule has 1 aromatic carbocycles. The van der Waals surface area contributed by atoms with E-state index >= 15 is 0 Å². The van der Waals surface area contributed by atoms with E-state index in [1.165, 1.54) is 6.34 Å². The molecule has 6 heteroatoms. The number of nitrogens with zero attached hydrogens (tertiary/aromatic N) is 4. The van der Waals surface area contributed by atoms with Crippen LogP contribution in [0.3, 0.4) is 0 Å². The lowest BCUT2D eigenvalue weighted by Gasteiger charge is -1.85. The lowest BCUT2D eigenvalue weighted by molar-refractivity contribution is -0.619. The van der Waals surface area contributed by atoms with Gasteiger partial charge in [-0.05, 0) is 6.07 Å². The summed E-state index contributed by atoms with van der Waals surface area (Å²) in [4.78, 5) is 14.0. The Kier molecular flexibility index (Phi) is 1.59. The Morgan fingerprint density at radius 1 is 1.46 bits per heavy atom. The van der Waals surface area contributed by atoms with Crippen molar-refractivity contribution >= 4 is 17.7 Å². The Balaban J connectivity index is 2.50. The van der Waals surface area contributed by atoms with Gasteiger partial charge in [0.2, 0.25) is 0 Å². The average Bonchev–Trinajstić information content (AvgIpc) is 2.48. The molecule has 0 amide bonds. The molecule has 0 saturated heterocycles. The molecule has 0 atom stereocenters. The van der Waals surface area contributed by atoms with E-state index in [0.717, 1.165) is 4.70 Å². The van der Waals surface area contributed by atoms with Gasteiger partial charge < -0.3 is 0 Å². The molecule has 64 valence electrons. The summed E-state index contributed by atoms with van der Waals surface area (Å²) >= 11 is 0. The summed E-state index contributed by atoms with van der Waals surface area (Å²) in [7, 11) is 0. The van der Waals surface area contributed by atoms with E-state index in [1.807, 2.05) is 6.07 Å². The highest BCUT2D eigenvalue weighted by Gasteiger charge is 2.24. The Morgan fingerprint density at radius 2 is 2.23 bits per heavy atom. The molecule has 6 nitrogen and oxygen atoms in total. The molecule has 0 aliphatic carbocycles. The van der Waals surface area contributed by atoms with Crippen molar-refractivity contribution in [3.05, 3.63) is 34.4 Å². The van der Waals surface area contributed by atoms with Crippen molar-refractivity contribution in [2.75, 3.05) is 0 Å². The molecule has 0 spiro atoms. The van der Waals surface area contributed by atoms with Crippen LogP contribution in [-0.4, -0.2) is 16.1 Å². The third-order valence-corrected chi connectivity index (χ3v) is 1.60. The van der Waals surface area contributed by atoms with Crippen LogP contribution in [0.1, 0.15) is 0 Å². The number of rotatable bonds is 1. The van der Waals surface area contributed by atoms with Gasteiger partial charge in [-0.15, -0.1) is 0 Å². The quantitative estimate of drug-likeness (QED) is 0.371. The molecular weight excluding hydrogens is 172 g/mol. The summed E-state index contributed by atoms with van der Waals surface area (Å²) in [5.41, 5.74) is 1.31. The van der Waals surface area contributed by atoms with Gasteiger partial charge >= 0.3 is 11.6 Å². The highest BCUT2D eigenvalue weighted by Crippen LogP contribution is 2.30. The number of nitro groups is 1. The minimum atomic E-state index is -0.756. The number of fused-ring (bicyclic) bond motifs is 1. The van der Waals surface area contributed by atoms with Crippen LogP contribution in [0.25, 0.3) is 0 Å². The van der Waals surface area contributed by atoms with E-state index in [-0.39, 0.29) is 0 Å². The van der Waals surface area contributed by atoms with Crippen molar-refractivity contribution in [1.29, 1.82) is 0 Å². The molecule has 0 saturated carbocycles. The second-order valence-electron chi connectivity index (χ2n) is 2.41. The number of aliphatic imine (C=N–C) groups is 1. The van der Waals surface area contributed by atoms with Gasteiger partial charge in [0, 0.05) is 10.8 Å². The molecule has 1 aliphatic heterocycles. The fourth-order valence-electron chi connectivity index (χ4n) is 1.10. The Bertz CT molecular complexity index is 424. The van der Waals surface area contributed by atoms with Gasteiger partial charge in [0.05, 0.1) is 0 Å². The first kappa shape index (κ1) is 7.53. The zero-order valence-electron chi connectivity index (χ0n) is 6.49. The molecule has 0 N–H and O–H groups in total. The van der Waals surface area contributed by atoms with Gasteiger partial charge in [-0.1, -0.05) is 12.1 Å². The molecule has 2 rings (SSSR count). The Morgan fingerprint density at radius 3 is 3.00 bits per heavy atom. The van der Waals surface area contributed by atoms with Crippen molar-refractivity contribution in [2.24, 2.45) is 10.2 Å². The molecule has 1 aliphatic rings. The monoisotopic (exact) mass is 177 g/mol. The lowest BCUT2D eigenvalue weighted by Crippen LogP contribution is -1.99. The number of benzene rings is 1. The molecule has 0 bridgehead atoms. The summed E-state index contributed by atoms with van der Waals surface area (Å²) in [6.45, 7) is 0. The summed E-state index contributed by atoms with van der Waals surface area (Å²) in [5, 5.41) is 12.5. The lowest BCUT2D eigenvalue weighted by atomic mass is 10.3. The van der Waals surface area contributed by atoms with Crippen LogP contribution in [0.2, 0.25) is 0 Å². The van der Waals surface area contributed by atoms with E-state index in [2.05, 4.69) is 10.2 Å². The number of hydrogen-bond acceptors (Lipinski definition) is 3. The zero-order valence-corrected chi connectivity index (χ0v) is 6.49. The first-order valence-electron chi connectivity index (χ1n) is 3.56. The maximum Gasteiger partial charge on any atom is 0.343 e. The van der Waals surface area contributed by atoms with Crippen molar-refractivity contribution in [3.63, 3.8) is 0 Å². The molecule has 1 aromatic rings. The molecule has 0 unspecified atom stereocenters. The summed E-state index contributed by atoms with van der Waals surface area (Å²) in [6, 6.07) is 7.07. The van der Waals surface area contributed by atoms with E-state index in [1.54, 1.807) is 18.2 Å². The van der Waals surface area contributed by atoms with Crippen molar-refractivity contribution in [2.45, 2.75) is 0 Å². The zero-order chi connectivity index (χ0) is 9.26. The molecule has 0 aromatic heterocycles. The van der Waals surface area contributed by atoms with Gasteiger partial charge in [0.25, 0.3) is 10.7 Å². The summed E-state index contributed by atoms with van der Waals surface area (Å²) in [6.07, 6.45) is 1.31. The van der Waals surface area contributed by atoms with Crippen LogP contribution in [0.4, 0.5) is 11.4 Å². The van der Waals surface area contributed by atoms with Crippen molar-refractivity contribution in [1.82, 2.24) is 0 Å². The van der Waals surface area contributed by atoms with Crippen molar-refractivity contribution in [3.8, 4) is 0 Å². The second kappa shape index (κ2) is 2.74. The molecule has 0 radical (unpaired) electrons. The summed E-state index contributed by atoms with van der Waals surface area (Å²) < 4.78 is 1.13. The predicted octanol–water partition coefficient (Wildman–Crippen LogP) is 1.65. The Labute approximate surface area is 73.0 Å². The van der Waals surface area contributed by atoms with Crippen LogP contribution in [0, 0.1) is 10.1 Å². The largest absolute Gasteiger partial charge is 0.343 e. The first-order chi connectivity index (χ1) is 6.27. The van der Waals surface area contributed by atoms with E-state index in [4.69, 9.17) is 0 Å². The third-order valence-electron chi connectivity index (χ3n) is 1.60. The second-order valence-corrected chi connectivity index (χ2v) is 2.41. The van der Waals surface area contributed by atoms with E-state index < -0.39 is 5.03 Å². The third kappa shape index (κ3) is 1.28. The summed E-state index contributed by atoms with van der Waals surface area (Å²) in [5.74, 6) is 0. The minimum absolute atomic E-state index is 0.624. The predicted molar refractivity (Wildman–Crippen MR) is 43.9 cm³/mol. The fraction of sp³-hybridized carbons (Fsp3) is 0. The Hall–Kier alpha value is -2.11. The maximum absolute atomic E-state index is 10.1. The molecular formula is C7H5N4O2+. The highest BCUT2D eigenvalue weighted by atomic mass is 16.7. The van der Waals surface area contributed by atoms with Crippen molar-refractivity contribution < 1.29 is 9.73 Å². The molecule has 1 heterocycles. The van der Waals surface area contributed by atoms with Crippen LogP contribution in [0.15, 0.2) is 34.5 Å². The first-order valence-corrected chi connectivity index (χ1v) is 3.56. The maximum atomic E-state index is 10.1. The van der Waals surface area contributed by atoms with Gasteiger partial charge in [0.15, 0.2) is 0 Å². The van der Waals surface area contributed by atoms with Crippen LogP contribution in [0.5, 0.6) is 0 Å². The van der Waals surface area contributed by atoms with Gasteiger partial charge in [-0.25, -0.2) is 10.1 Å². The van der Waals surface area contributed by atoms with Crippen LogP contribution < -0.4 is 0 Å². The van der Waals surface area contributed by atoms with Gasteiger partial charge in [0.1, 0.15) is 5.69 Å². The van der Waals surface area contributed by atoms with Gasteiger partial charge in [-0.3, -0.25) is 0 Å². The van der Waals surface area contributed by atoms with E-state index in [0.29, 0.717) is 11.4 Å². The number of para-hydroxylation sites is 2. The van der Waals surface area contributed by atoms with Gasteiger partial charge in [-0.2, -0.15) is 4.99 Å². The van der Waals surface area contributed by atoms with E-state index in [9.17, 15) is 10.1 Å². The van der Waals surface area contributed by atoms with Crippen LogP contribution >= 0.6 is 0 Å². The molecule has 13 heavy (non-hydrogen) atoms. The normalized spacial score (nSPS) is 16.2.